The molecule has 0 unspecified atom stereocenters. The van der Waals surface area contributed by atoms with Crippen molar-refractivity contribution in [3.05, 3.63) is 70.4 Å². The van der Waals surface area contributed by atoms with E-state index in [1.807, 2.05) is 0 Å². The fourth-order valence-corrected chi connectivity index (χ4v) is 2.55. The predicted octanol–water partition coefficient (Wildman–Crippen LogP) is 2.35. The molecule has 0 aliphatic carbocycles. The van der Waals surface area contributed by atoms with Gasteiger partial charge in [-0.3, -0.25) is 9.59 Å². The number of carbonyl (C=O) groups excluding carboxylic acids is 2. The Kier molecular flexibility index (Phi) is 5.25. The van der Waals surface area contributed by atoms with Crippen molar-refractivity contribution in [3.63, 3.8) is 0 Å². The van der Waals surface area contributed by atoms with Gasteiger partial charge >= 0.3 is 5.97 Å². The van der Waals surface area contributed by atoms with E-state index in [0.717, 1.165) is 4.68 Å². The van der Waals surface area contributed by atoms with Crippen LogP contribution in [-0.4, -0.2) is 28.3 Å². The third-order valence-corrected chi connectivity index (χ3v) is 3.84. The summed E-state index contributed by atoms with van der Waals surface area (Å²) in [5.41, 5.74) is -0.394. The Labute approximate surface area is 153 Å². The Hall–Kier alpha value is -3.55. The zero-order valence-electron chi connectivity index (χ0n) is 14.4. The molecule has 2 aromatic carbocycles. The lowest BCUT2D eigenvalue weighted by Crippen LogP contribution is -2.27. The van der Waals surface area contributed by atoms with Crippen LogP contribution in [0.2, 0.25) is 0 Å². The summed E-state index contributed by atoms with van der Waals surface area (Å²) in [6.07, 6.45) is 0. The van der Waals surface area contributed by atoms with Crippen LogP contribution in [0.3, 0.4) is 0 Å². The van der Waals surface area contributed by atoms with Gasteiger partial charge in [-0.2, -0.15) is 5.10 Å². The van der Waals surface area contributed by atoms with Crippen molar-refractivity contribution in [3.8, 4) is 0 Å². The number of anilines is 1. The molecule has 1 heterocycles. The quantitative estimate of drug-likeness (QED) is 0.697. The molecular weight excluding hydrogens is 353 g/mol. The van der Waals surface area contributed by atoms with E-state index in [1.54, 1.807) is 37.3 Å². The van der Waals surface area contributed by atoms with Crippen molar-refractivity contribution in [2.24, 2.45) is 0 Å². The lowest BCUT2D eigenvalue weighted by atomic mass is 10.1. The number of amides is 1. The molecule has 0 aliphatic rings. The highest BCUT2D eigenvalue weighted by molar-refractivity contribution is 6.03. The highest BCUT2D eigenvalue weighted by atomic mass is 19.1. The van der Waals surface area contributed by atoms with Gasteiger partial charge in [0, 0.05) is 11.9 Å². The number of rotatable bonds is 5. The Balaban J connectivity index is 1.79. The van der Waals surface area contributed by atoms with Crippen LogP contribution in [-0.2, 0) is 16.1 Å². The molecule has 0 aliphatic heterocycles. The van der Waals surface area contributed by atoms with E-state index in [1.165, 1.54) is 18.2 Å². The summed E-state index contributed by atoms with van der Waals surface area (Å²) in [6, 6.07) is 12.2. The van der Waals surface area contributed by atoms with Gasteiger partial charge in [0.05, 0.1) is 11.1 Å². The zero-order valence-corrected chi connectivity index (χ0v) is 14.4. The van der Waals surface area contributed by atoms with E-state index in [9.17, 15) is 18.8 Å². The number of esters is 1. The van der Waals surface area contributed by atoms with E-state index >= 15 is 0 Å². The molecule has 7 nitrogen and oxygen atoms in total. The minimum atomic E-state index is -0.850. The molecule has 0 saturated heterocycles. The minimum Gasteiger partial charge on any atom is -0.451 e. The maximum absolute atomic E-state index is 13.5. The molecule has 3 aromatic rings. The molecule has 138 valence electrons. The molecule has 1 aromatic heterocycles. The molecule has 0 fully saturated rings. The predicted molar refractivity (Wildman–Crippen MR) is 97.0 cm³/mol. The highest BCUT2D eigenvalue weighted by Gasteiger charge is 2.19. The smallest absolute Gasteiger partial charge is 0.359 e. The van der Waals surface area contributed by atoms with E-state index in [-0.39, 0.29) is 23.5 Å². The molecular formula is C19H16FN3O4. The van der Waals surface area contributed by atoms with E-state index in [2.05, 4.69) is 10.4 Å². The van der Waals surface area contributed by atoms with Crippen LogP contribution in [0.25, 0.3) is 10.8 Å². The van der Waals surface area contributed by atoms with Crippen LogP contribution in [0.1, 0.15) is 17.4 Å². The number of nitrogens with zero attached hydrogens (tertiary/aromatic N) is 2. The third-order valence-electron chi connectivity index (χ3n) is 3.84. The Bertz CT molecular complexity index is 1080. The molecule has 8 heteroatoms. The second-order valence-corrected chi connectivity index (χ2v) is 5.62. The van der Waals surface area contributed by atoms with Crippen LogP contribution < -0.4 is 10.9 Å². The largest absolute Gasteiger partial charge is 0.451 e. The Morgan fingerprint density at radius 1 is 1.11 bits per heavy atom. The first-order chi connectivity index (χ1) is 13.0. The van der Waals surface area contributed by atoms with Gasteiger partial charge in [-0.25, -0.2) is 13.9 Å². The van der Waals surface area contributed by atoms with Gasteiger partial charge in [0.25, 0.3) is 11.5 Å². The fraction of sp³-hybridized carbons (Fsp3) is 0.158. The van der Waals surface area contributed by atoms with Gasteiger partial charge in [-0.15, -0.1) is 0 Å². The van der Waals surface area contributed by atoms with Gasteiger partial charge < -0.3 is 10.1 Å². The SMILES string of the molecule is CCn1nc(C(=O)OCC(=O)Nc2ccccc2F)c2ccccc2c1=O. The van der Waals surface area contributed by atoms with E-state index < -0.39 is 24.3 Å². The van der Waals surface area contributed by atoms with Crippen LogP contribution >= 0.6 is 0 Å². The number of hydrogen-bond donors (Lipinski definition) is 1. The Morgan fingerprint density at radius 3 is 2.48 bits per heavy atom. The standard InChI is InChI=1S/C19H16FN3O4/c1-2-23-18(25)13-8-4-3-7-12(13)17(22-23)19(26)27-11-16(24)21-15-10-6-5-9-14(15)20/h3-10H,2,11H2,1H3,(H,21,24). The summed E-state index contributed by atoms with van der Waals surface area (Å²) in [7, 11) is 0. The maximum atomic E-state index is 13.5. The number of ether oxygens (including phenoxy) is 1. The van der Waals surface area contributed by atoms with Crippen molar-refractivity contribution in [2.45, 2.75) is 13.5 Å². The molecule has 0 saturated carbocycles. The summed E-state index contributed by atoms with van der Waals surface area (Å²) in [5, 5.41) is 7.02. The first-order valence-electron chi connectivity index (χ1n) is 8.22. The normalized spacial score (nSPS) is 10.6. The molecule has 0 atom stereocenters. The molecule has 1 amide bonds. The molecule has 0 bridgehead atoms. The fourth-order valence-electron chi connectivity index (χ4n) is 2.55. The molecule has 3 rings (SSSR count). The van der Waals surface area contributed by atoms with Crippen molar-refractivity contribution in [1.82, 2.24) is 9.78 Å². The van der Waals surface area contributed by atoms with Gasteiger partial charge in [0.1, 0.15) is 5.82 Å². The van der Waals surface area contributed by atoms with Gasteiger partial charge in [0.15, 0.2) is 12.3 Å². The number of aromatic nitrogens is 2. The summed E-state index contributed by atoms with van der Waals surface area (Å²) in [4.78, 5) is 36.6. The number of nitrogens with one attached hydrogen (secondary N) is 1. The van der Waals surface area contributed by atoms with Crippen molar-refractivity contribution < 1.29 is 18.7 Å². The number of benzene rings is 2. The second-order valence-electron chi connectivity index (χ2n) is 5.62. The third kappa shape index (κ3) is 3.84. The van der Waals surface area contributed by atoms with Crippen LogP contribution in [0.5, 0.6) is 0 Å². The van der Waals surface area contributed by atoms with E-state index in [0.29, 0.717) is 10.8 Å². The van der Waals surface area contributed by atoms with Crippen molar-refractivity contribution in [1.29, 1.82) is 0 Å². The van der Waals surface area contributed by atoms with E-state index in [4.69, 9.17) is 4.74 Å². The minimum absolute atomic E-state index is 0.0124. The van der Waals surface area contributed by atoms with Crippen LogP contribution in [0.15, 0.2) is 53.3 Å². The average Bonchev–Trinajstić information content (AvgIpc) is 2.68. The Morgan fingerprint density at radius 2 is 1.78 bits per heavy atom. The lowest BCUT2D eigenvalue weighted by Gasteiger charge is -2.10. The number of halogens is 1. The van der Waals surface area contributed by atoms with Crippen LogP contribution in [0, 0.1) is 5.82 Å². The number of para-hydroxylation sites is 1. The van der Waals surface area contributed by atoms with Crippen molar-refractivity contribution in [2.75, 3.05) is 11.9 Å². The maximum Gasteiger partial charge on any atom is 0.359 e. The summed E-state index contributed by atoms with van der Waals surface area (Å²) in [6.45, 7) is 1.38. The molecule has 1 N–H and O–H groups in total. The molecule has 27 heavy (non-hydrogen) atoms. The summed E-state index contributed by atoms with van der Waals surface area (Å²) < 4.78 is 19.7. The van der Waals surface area contributed by atoms with Gasteiger partial charge in [-0.1, -0.05) is 30.3 Å². The molecule has 0 spiro atoms. The topological polar surface area (TPSA) is 90.3 Å². The lowest BCUT2D eigenvalue weighted by molar-refractivity contribution is -0.119. The number of aryl methyl sites for hydroxylation is 1. The van der Waals surface area contributed by atoms with Crippen molar-refractivity contribution >= 4 is 28.3 Å². The summed E-state index contributed by atoms with van der Waals surface area (Å²) in [5.74, 6) is -2.14. The highest BCUT2D eigenvalue weighted by Crippen LogP contribution is 2.15. The van der Waals surface area contributed by atoms with Gasteiger partial charge in [-0.05, 0) is 25.1 Å². The average molecular weight is 369 g/mol. The zero-order chi connectivity index (χ0) is 19.4. The summed E-state index contributed by atoms with van der Waals surface area (Å²) >= 11 is 0. The molecule has 0 radical (unpaired) electrons. The first kappa shape index (κ1) is 18.2. The number of carbonyl (C=O) groups is 2. The first-order valence-corrected chi connectivity index (χ1v) is 8.22. The second kappa shape index (κ2) is 7.77. The monoisotopic (exact) mass is 369 g/mol. The number of fused-ring (bicyclic) bond motifs is 1. The number of hydrogen-bond acceptors (Lipinski definition) is 5. The van der Waals surface area contributed by atoms with Gasteiger partial charge in [0.2, 0.25) is 0 Å². The van der Waals surface area contributed by atoms with Crippen LogP contribution in [0.4, 0.5) is 10.1 Å².